The molecule has 4 rings (SSSR count). The number of aromatic nitrogens is 3. The van der Waals surface area contributed by atoms with E-state index in [0.717, 1.165) is 5.56 Å². The van der Waals surface area contributed by atoms with Crippen molar-refractivity contribution in [2.45, 2.75) is 6.54 Å². The quantitative estimate of drug-likeness (QED) is 0.583. The van der Waals surface area contributed by atoms with Crippen LogP contribution in [0.25, 0.3) is 22.3 Å². The van der Waals surface area contributed by atoms with Gasteiger partial charge in [-0.1, -0.05) is 29.8 Å². The Balaban J connectivity index is 1.81. The third-order valence-electron chi connectivity index (χ3n) is 4.28. The van der Waals surface area contributed by atoms with Crippen LogP contribution in [0.15, 0.2) is 59.5 Å². The van der Waals surface area contributed by atoms with E-state index >= 15 is 0 Å². The molecule has 0 aliphatic heterocycles. The number of fused-ring (bicyclic) bond motifs is 1. The number of hydrogen-bond acceptors (Lipinski definition) is 3. The summed E-state index contributed by atoms with van der Waals surface area (Å²) >= 11 is 5.87. The Morgan fingerprint density at radius 2 is 2.04 bits per heavy atom. The maximum Gasteiger partial charge on any atom is 0.327 e. The van der Waals surface area contributed by atoms with Gasteiger partial charge in [-0.15, -0.1) is 0 Å². The first-order chi connectivity index (χ1) is 13.0. The molecule has 1 N–H and O–H groups in total. The van der Waals surface area contributed by atoms with Gasteiger partial charge in [-0.25, -0.2) is 14.2 Å². The van der Waals surface area contributed by atoms with Crippen molar-refractivity contribution in [2.75, 3.05) is 0 Å². The number of nitrogens with one attached hydrogen (secondary N) is 1. The number of H-pyrrole nitrogens is 1. The monoisotopic (exact) mass is 378 g/mol. The fourth-order valence-corrected chi connectivity index (χ4v) is 3.13. The highest BCUT2D eigenvalue weighted by Crippen LogP contribution is 2.26. The molecule has 5 nitrogen and oxygen atoms in total. The molecule has 0 aliphatic carbocycles. The van der Waals surface area contributed by atoms with Gasteiger partial charge in [0.05, 0.1) is 28.7 Å². The Kier molecular flexibility index (Phi) is 4.22. The van der Waals surface area contributed by atoms with Crippen LogP contribution in [0.1, 0.15) is 11.1 Å². The zero-order valence-corrected chi connectivity index (χ0v) is 14.7. The third kappa shape index (κ3) is 3.21. The van der Waals surface area contributed by atoms with E-state index in [4.69, 9.17) is 16.9 Å². The molecule has 0 unspecified atom stereocenters. The first-order valence-corrected chi connectivity index (χ1v) is 8.46. The number of halogens is 2. The second kappa shape index (κ2) is 6.71. The van der Waals surface area contributed by atoms with Crippen molar-refractivity contribution in [3.8, 4) is 17.2 Å². The molecule has 0 fully saturated rings. The molecule has 2 heterocycles. The molecule has 0 radical (unpaired) electrons. The highest BCUT2D eigenvalue weighted by Gasteiger charge is 2.11. The van der Waals surface area contributed by atoms with Gasteiger partial charge in [-0.2, -0.15) is 5.26 Å². The van der Waals surface area contributed by atoms with Gasteiger partial charge in [0.15, 0.2) is 5.65 Å². The number of nitrogens with zero attached hydrogens (tertiary/aromatic N) is 3. The van der Waals surface area contributed by atoms with Crippen LogP contribution in [-0.2, 0) is 6.54 Å². The zero-order valence-electron chi connectivity index (χ0n) is 13.9. The van der Waals surface area contributed by atoms with Gasteiger partial charge in [0, 0.05) is 11.8 Å². The molecule has 7 heteroatoms. The standard InChI is InChI=1S/C20H12ClFN4O/c21-16-7-14(4-5-17(16)22)15-8-18-19(24-10-15)25-20(27)26(18)11-13-3-1-2-12(6-13)9-23/h1-8,10H,11H2,(H,24,25,27). The average Bonchev–Trinajstić information content (AvgIpc) is 2.99. The van der Waals surface area contributed by atoms with E-state index in [1.54, 1.807) is 41.1 Å². The van der Waals surface area contributed by atoms with E-state index in [-0.39, 0.29) is 10.7 Å². The molecule has 2 aromatic heterocycles. The molecular formula is C20H12ClFN4O. The van der Waals surface area contributed by atoms with Crippen molar-refractivity contribution < 1.29 is 4.39 Å². The Morgan fingerprint density at radius 1 is 1.19 bits per heavy atom. The van der Waals surface area contributed by atoms with Crippen LogP contribution in [0.5, 0.6) is 0 Å². The van der Waals surface area contributed by atoms with Gasteiger partial charge in [0.1, 0.15) is 5.82 Å². The lowest BCUT2D eigenvalue weighted by molar-refractivity contribution is 0.628. The minimum Gasteiger partial charge on any atom is -0.290 e. The highest BCUT2D eigenvalue weighted by molar-refractivity contribution is 6.31. The fraction of sp³-hybridized carbons (Fsp3) is 0.0500. The van der Waals surface area contributed by atoms with Gasteiger partial charge in [0.25, 0.3) is 0 Å². The van der Waals surface area contributed by atoms with Crippen LogP contribution in [0.4, 0.5) is 4.39 Å². The van der Waals surface area contributed by atoms with E-state index in [0.29, 0.717) is 34.4 Å². The summed E-state index contributed by atoms with van der Waals surface area (Å²) in [6.45, 7) is 0.295. The van der Waals surface area contributed by atoms with Crippen molar-refractivity contribution in [2.24, 2.45) is 0 Å². The van der Waals surface area contributed by atoms with Gasteiger partial charge >= 0.3 is 5.69 Å². The van der Waals surface area contributed by atoms with Crippen LogP contribution in [0.3, 0.4) is 0 Å². The topological polar surface area (TPSA) is 74.5 Å². The van der Waals surface area contributed by atoms with Crippen molar-refractivity contribution in [3.05, 3.63) is 87.2 Å². The maximum atomic E-state index is 13.4. The van der Waals surface area contributed by atoms with Gasteiger partial charge in [-0.3, -0.25) is 9.55 Å². The molecule has 0 atom stereocenters. The van der Waals surface area contributed by atoms with Crippen molar-refractivity contribution in [1.82, 2.24) is 14.5 Å². The first-order valence-electron chi connectivity index (χ1n) is 8.08. The number of nitriles is 1. The summed E-state index contributed by atoms with van der Waals surface area (Å²) in [5.74, 6) is -0.495. The normalized spacial score (nSPS) is 10.9. The Morgan fingerprint density at radius 3 is 2.81 bits per heavy atom. The molecule has 0 aliphatic rings. The third-order valence-corrected chi connectivity index (χ3v) is 4.57. The smallest absolute Gasteiger partial charge is 0.290 e. The van der Waals surface area contributed by atoms with E-state index in [1.807, 2.05) is 6.07 Å². The van der Waals surface area contributed by atoms with Crippen molar-refractivity contribution >= 4 is 22.8 Å². The van der Waals surface area contributed by atoms with Crippen LogP contribution in [0, 0.1) is 17.1 Å². The Labute approximate surface area is 158 Å². The van der Waals surface area contributed by atoms with Crippen LogP contribution < -0.4 is 5.69 Å². The maximum absolute atomic E-state index is 13.4. The number of benzene rings is 2. The molecule has 132 valence electrons. The number of hydrogen-bond donors (Lipinski definition) is 1. The molecule has 2 aromatic carbocycles. The SMILES string of the molecule is N#Cc1cccc(Cn2c(=O)[nH]c3ncc(-c4ccc(F)c(Cl)c4)cc32)c1. The second-order valence-corrected chi connectivity index (χ2v) is 6.46. The average molecular weight is 379 g/mol. The predicted octanol–water partition coefficient (Wildman–Crippen LogP) is 4.10. The molecular weight excluding hydrogens is 367 g/mol. The van der Waals surface area contributed by atoms with E-state index in [2.05, 4.69) is 16.0 Å². The minimum atomic E-state index is -0.495. The predicted molar refractivity (Wildman–Crippen MR) is 101 cm³/mol. The summed E-state index contributed by atoms with van der Waals surface area (Å²) in [7, 11) is 0. The van der Waals surface area contributed by atoms with Gasteiger partial charge in [0.2, 0.25) is 0 Å². The molecule has 0 amide bonds. The molecule has 0 spiro atoms. The summed E-state index contributed by atoms with van der Waals surface area (Å²) in [5, 5.41) is 9.07. The first kappa shape index (κ1) is 17.0. The summed E-state index contributed by atoms with van der Waals surface area (Å²) in [6.07, 6.45) is 1.60. The minimum absolute atomic E-state index is 0.0207. The second-order valence-electron chi connectivity index (χ2n) is 6.05. The number of pyridine rings is 1. The van der Waals surface area contributed by atoms with Crippen molar-refractivity contribution in [3.63, 3.8) is 0 Å². The van der Waals surface area contributed by atoms with Gasteiger partial charge < -0.3 is 0 Å². The Bertz CT molecular complexity index is 1270. The Hall–Kier alpha value is -3.43. The summed E-state index contributed by atoms with van der Waals surface area (Å²) in [5.41, 5.74) is 3.53. The van der Waals surface area contributed by atoms with E-state index in [1.165, 1.54) is 12.1 Å². The molecule has 0 bridgehead atoms. The van der Waals surface area contributed by atoms with Crippen LogP contribution >= 0.6 is 11.6 Å². The lowest BCUT2D eigenvalue weighted by Crippen LogP contribution is -2.17. The van der Waals surface area contributed by atoms with Crippen LogP contribution in [-0.4, -0.2) is 14.5 Å². The lowest BCUT2D eigenvalue weighted by atomic mass is 10.1. The fourth-order valence-electron chi connectivity index (χ4n) is 2.95. The molecule has 0 saturated heterocycles. The largest absolute Gasteiger partial charge is 0.327 e. The summed E-state index contributed by atoms with van der Waals surface area (Å²) in [6, 6.07) is 15.4. The summed E-state index contributed by atoms with van der Waals surface area (Å²) < 4.78 is 15.0. The highest BCUT2D eigenvalue weighted by atomic mass is 35.5. The number of imidazole rings is 1. The number of aromatic amines is 1. The molecule has 27 heavy (non-hydrogen) atoms. The summed E-state index contributed by atoms with van der Waals surface area (Å²) in [4.78, 5) is 19.4. The molecule has 0 saturated carbocycles. The van der Waals surface area contributed by atoms with Crippen molar-refractivity contribution in [1.29, 1.82) is 5.26 Å². The lowest BCUT2D eigenvalue weighted by Gasteiger charge is -2.06. The van der Waals surface area contributed by atoms with Gasteiger partial charge in [-0.05, 0) is 41.5 Å². The van der Waals surface area contributed by atoms with Crippen LogP contribution in [0.2, 0.25) is 5.02 Å². The molecule has 4 aromatic rings. The van der Waals surface area contributed by atoms with E-state index in [9.17, 15) is 9.18 Å². The zero-order chi connectivity index (χ0) is 19.0. The van der Waals surface area contributed by atoms with E-state index < -0.39 is 5.82 Å². The number of rotatable bonds is 3.